The Morgan fingerprint density at radius 1 is 1.14 bits per heavy atom. The number of nitrogens with one attached hydrogen (secondary N) is 1. The van der Waals surface area contributed by atoms with Crippen LogP contribution in [0.1, 0.15) is 11.1 Å². The fourth-order valence-corrected chi connectivity index (χ4v) is 2.21. The molecule has 2 aromatic carbocycles. The standard InChI is InChI=1S/C15H13BrF3NO/c1-10-3-2-4-11(7-10)9-20-13-6-5-12(16)8-14(13)21-15(17,18)19/h2-8,20H,9H2,1H3. The number of hydrogen-bond donors (Lipinski definition) is 1. The van der Waals surface area contributed by atoms with E-state index < -0.39 is 6.36 Å². The largest absolute Gasteiger partial charge is 0.573 e. The second-order valence-electron chi connectivity index (χ2n) is 4.53. The molecule has 0 saturated carbocycles. The van der Waals surface area contributed by atoms with Crippen molar-refractivity contribution in [2.24, 2.45) is 0 Å². The van der Waals surface area contributed by atoms with Gasteiger partial charge in [-0.1, -0.05) is 45.8 Å². The van der Waals surface area contributed by atoms with Crippen LogP contribution in [0.15, 0.2) is 46.9 Å². The molecule has 6 heteroatoms. The molecule has 0 aliphatic heterocycles. The normalized spacial score (nSPS) is 11.3. The summed E-state index contributed by atoms with van der Waals surface area (Å²) in [5.41, 5.74) is 2.37. The van der Waals surface area contributed by atoms with Crippen LogP contribution in [0.5, 0.6) is 5.75 Å². The van der Waals surface area contributed by atoms with Gasteiger partial charge in [0.05, 0.1) is 5.69 Å². The van der Waals surface area contributed by atoms with Crippen LogP contribution in [0.4, 0.5) is 18.9 Å². The Labute approximate surface area is 129 Å². The van der Waals surface area contributed by atoms with Crippen LogP contribution >= 0.6 is 15.9 Å². The van der Waals surface area contributed by atoms with Crippen molar-refractivity contribution in [3.05, 3.63) is 58.1 Å². The van der Waals surface area contributed by atoms with Gasteiger partial charge in [-0.25, -0.2) is 0 Å². The van der Waals surface area contributed by atoms with Crippen molar-refractivity contribution in [1.29, 1.82) is 0 Å². The average Bonchev–Trinajstić information content (AvgIpc) is 2.36. The number of anilines is 1. The molecule has 0 saturated heterocycles. The Morgan fingerprint density at radius 3 is 2.57 bits per heavy atom. The van der Waals surface area contributed by atoms with Crippen LogP contribution in [0.3, 0.4) is 0 Å². The van der Waals surface area contributed by atoms with E-state index in [4.69, 9.17) is 0 Å². The van der Waals surface area contributed by atoms with E-state index in [9.17, 15) is 13.2 Å². The lowest BCUT2D eigenvalue weighted by molar-refractivity contribution is -0.274. The van der Waals surface area contributed by atoms with E-state index in [2.05, 4.69) is 26.0 Å². The quantitative estimate of drug-likeness (QED) is 0.802. The summed E-state index contributed by atoms with van der Waals surface area (Å²) < 4.78 is 41.8. The van der Waals surface area contributed by atoms with Gasteiger partial charge in [0, 0.05) is 11.0 Å². The third-order valence-electron chi connectivity index (χ3n) is 2.73. The number of rotatable bonds is 4. The summed E-state index contributed by atoms with van der Waals surface area (Å²) in [4.78, 5) is 0. The molecule has 0 bridgehead atoms. The SMILES string of the molecule is Cc1cccc(CNc2ccc(Br)cc2OC(F)(F)F)c1. The molecular formula is C15H13BrF3NO. The predicted molar refractivity (Wildman–Crippen MR) is 79.3 cm³/mol. The third kappa shape index (κ3) is 4.97. The Kier molecular flexibility index (Phi) is 4.77. The molecule has 21 heavy (non-hydrogen) atoms. The molecular weight excluding hydrogens is 347 g/mol. The van der Waals surface area contributed by atoms with E-state index in [-0.39, 0.29) is 11.4 Å². The number of hydrogen-bond acceptors (Lipinski definition) is 2. The fourth-order valence-electron chi connectivity index (χ4n) is 1.87. The molecule has 0 unspecified atom stereocenters. The van der Waals surface area contributed by atoms with Gasteiger partial charge in [0.15, 0.2) is 5.75 Å². The zero-order chi connectivity index (χ0) is 15.5. The van der Waals surface area contributed by atoms with Crippen LogP contribution in [0.25, 0.3) is 0 Å². The fraction of sp³-hybridized carbons (Fsp3) is 0.200. The number of benzene rings is 2. The Bertz CT molecular complexity index is 629. The van der Waals surface area contributed by atoms with Crippen molar-refractivity contribution in [3.63, 3.8) is 0 Å². The van der Waals surface area contributed by atoms with E-state index in [0.29, 0.717) is 11.0 Å². The third-order valence-corrected chi connectivity index (χ3v) is 3.23. The number of alkyl halides is 3. The van der Waals surface area contributed by atoms with Crippen molar-refractivity contribution < 1.29 is 17.9 Å². The summed E-state index contributed by atoms with van der Waals surface area (Å²) in [6.45, 7) is 2.37. The summed E-state index contributed by atoms with van der Waals surface area (Å²) >= 11 is 3.13. The zero-order valence-electron chi connectivity index (χ0n) is 11.2. The van der Waals surface area contributed by atoms with Gasteiger partial charge in [0.2, 0.25) is 0 Å². The molecule has 2 aromatic rings. The van der Waals surface area contributed by atoms with Gasteiger partial charge in [0.25, 0.3) is 0 Å². The second-order valence-corrected chi connectivity index (χ2v) is 5.45. The number of ether oxygens (including phenoxy) is 1. The van der Waals surface area contributed by atoms with Crippen molar-refractivity contribution in [1.82, 2.24) is 0 Å². The zero-order valence-corrected chi connectivity index (χ0v) is 12.8. The highest BCUT2D eigenvalue weighted by Gasteiger charge is 2.32. The number of halogens is 4. The van der Waals surface area contributed by atoms with Crippen LogP contribution in [0.2, 0.25) is 0 Å². The monoisotopic (exact) mass is 359 g/mol. The smallest absolute Gasteiger partial charge is 0.404 e. The molecule has 0 aliphatic carbocycles. The van der Waals surface area contributed by atoms with E-state index >= 15 is 0 Å². The lowest BCUT2D eigenvalue weighted by Gasteiger charge is -2.15. The van der Waals surface area contributed by atoms with E-state index in [1.807, 2.05) is 31.2 Å². The molecule has 0 spiro atoms. The molecule has 0 aliphatic rings. The van der Waals surface area contributed by atoms with Crippen molar-refractivity contribution in [3.8, 4) is 5.75 Å². The highest BCUT2D eigenvalue weighted by Crippen LogP contribution is 2.33. The molecule has 1 N–H and O–H groups in total. The van der Waals surface area contributed by atoms with Crippen LogP contribution < -0.4 is 10.1 Å². The summed E-state index contributed by atoms with van der Waals surface area (Å²) in [5.74, 6) is -0.260. The maximum atomic E-state index is 12.4. The Balaban J connectivity index is 2.15. The van der Waals surface area contributed by atoms with Crippen LogP contribution in [-0.4, -0.2) is 6.36 Å². The van der Waals surface area contributed by atoms with E-state index in [1.54, 1.807) is 12.1 Å². The predicted octanol–water partition coefficient (Wildman–Crippen LogP) is 5.27. The average molecular weight is 360 g/mol. The van der Waals surface area contributed by atoms with Crippen molar-refractivity contribution in [2.75, 3.05) is 5.32 Å². The Morgan fingerprint density at radius 2 is 1.90 bits per heavy atom. The lowest BCUT2D eigenvalue weighted by atomic mass is 10.1. The second kappa shape index (κ2) is 6.39. The van der Waals surface area contributed by atoms with E-state index in [0.717, 1.165) is 11.1 Å². The van der Waals surface area contributed by atoms with Gasteiger partial charge >= 0.3 is 6.36 Å². The molecule has 0 aromatic heterocycles. The highest BCUT2D eigenvalue weighted by molar-refractivity contribution is 9.10. The maximum Gasteiger partial charge on any atom is 0.573 e. The first kappa shape index (κ1) is 15.7. The molecule has 0 heterocycles. The van der Waals surface area contributed by atoms with Crippen molar-refractivity contribution >= 4 is 21.6 Å². The molecule has 2 nitrogen and oxygen atoms in total. The molecule has 0 fully saturated rings. The van der Waals surface area contributed by atoms with Gasteiger partial charge in [-0.15, -0.1) is 13.2 Å². The molecule has 0 amide bonds. The van der Waals surface area contributed by atoms with Crippen LogP contribution in [0, 0.1) is 6.92 Å². The van der Waals surface area contributed by atoms with Crippen LogP contribution in [-0.2, 0) is 6.54 Å². The Hall–Kier alpha value is -1.69. The first-order valence-electron chi connectivity index (χ1n) is 6.18. The summed E-state index contributed by atoms with van der Waals surface area (Å²) in [7, 11) is 0. The summed E-state index contributed by atoms with van der Waals surface area (Å²) in [5, 5.41) is 2.96. The van der Waals surface area contributed by atoms with Gasteiger partial charge in [-0.3, -0.25) is 0 Å². The van der Waals surface area contributed by atoms with Gasteiger partial charge < -0.3 is 10.1 Å². The minimum absolute atomic E-state index is 0.260. The first-order valence-corrected chi connectivity index (χ1v) is 6.97. The summed E-state index contributed by atoms with van der Waals surface area (Å²) in [6, 6.07) is 12.2. The minimum Gasteiger partial charge on any atom is -0.404 e. The minimum atomic E-state index is -4.72. The van der Waals surface area contributed by atoms with Crippen molar-refractivity contribution in [2.45, 2.75) is 19.8 Å². The maximum absolute atomic E-state index is 12.4. The van der Waals surface area contributed by atoms with Gasteiger partial charge in [0.1, 0.15) is 0 Å². The summed E-state index contributed by atoms with van der Waals surface area (Å²) in [6.07, 6.45) is -4.72. The topological polar surface area (TPSA) is 21.3 Å². The van der Waals surface area contributed by atoms with Gasteiger partial charge in [-0.2, -0.15) is 0 Å². The molecule has 0 radical (unpaired) electrons. The lowest BCUT2D eigenvalue weighted by Crippen LogP contribution is -2.18. The molecule has 112 valence electrons. The highest BCUT2D eigenvalue weighted by atomic mass is 79.9. The first-order chi connectivity index (χ1) is 9.83. The van der Waals surface area contributed by atoms with E-state index in [1.165, 1.54) is 6.07 Å². The molecule has 0 atom stereocenters. The van der Waals surface area contributed by atoms with Gasteiger partial charge in [-0.05, 0) is 30.7 Å². The number of aryl methyl sites for hydroxylation is 1. The molecule has 2 rings (SSSR count).